The van der Waals surface area contributed by atoms with Gasteiger partial charge < -0.3 is 10.8 Å². The lowest BCUT2D eigenvalue weighted by molar-refractivity contribution is -0.143. The molecular weight excluding hydrogens is 180 g/mol. The summed E-state index contributed by atoms with van der Waals surface area (Å²) < 4.78 is 0. The van der Waals surface area contributed by atoms with E-state index in [2.05, 4.69) is 6.92 Å². The molecule has 82 valence electrons. The second-order valence-electron chi connectivity index (χ2n) is 4.27. The highest BCUT2D eigenvalue weighted by Crippen LogP contribution is 2.23. The van der Waals surface area contributed by atoms with Crippen LogP contribution in [0.1, 0.15) is 20.3 Å². The summed E-state index contributed by atoms with van der Waals surface area (Å²) in [4.78, 5) is 12.8. The first kappa shape index (κ1) is 11.5. The lowest BCUT2D eigenvalue weighted by atomic mass is 9.86. The van der Waals surface area contributed by atoms with Crippen LogP contribution in [0, 0.1) is 11.8 Å². The molecule has 4 nitrogen and oxygen atoms in total. The van der Waals surface area contributed by atoms with Gasteiger partial charge >= 0.3 is 5.97 Å². The topological polar surface area (TPSA) is 66.6 Å². The van der Waals surface area contributed by atoms with Crippen molar-refractivity contribution in [2.45, 2.75) is 26.3 Å². The second kappa shape index (κ2) is 4.75. The number of aliphatic carboxylic acids is 1. The van der Waals surface area contributed by atoms with Crippen LogP contribution < -0.4 is 5.73 Å². The van der Waals surface area contributed by atoms with E-state index < -0.39 is 5.97 Å². The molecule has 1 fully saturated rings. The molecule has 1 rings (SSSR count). The van der Waals surface area contributed by atoms with Crippen molar-refractivity contribution < 1.29 is 9.90 Å². The lowest BCUT2D eigenvalue weighted by Gasteiger charge is -2.38. The normalized spacial score (nSPS) is 31.4. The van der Waals surface area contributed by atoms with E-state index in [1.54, 1.807) is 6.92 Å². The molecule has 0 aromatic heterocycles. The van der Waals surface area contributed by atoms with Gasteiger partial charge in [-0.15, -0.1) is 0 Å². The molecule has 0 spiro atoms. The Morgan fingerprint density at radius 1 is 1.71 bits per heavy atom. The number of hydrogen-bond donors (Lipinski definition) is 2. The van der Waals surface area contributed by atoms with Gasteiger partial charge in [-0.05, 0) is 38.3 Å². The summed E-state index contributed by atoms with van der Waals surface area (Å²) in [6.07, 6.45) is 1.06. The zero-order valence-electron chi connectivity index (χ0n) is 8.94. The van der Waals surface area contributed by atoms with Crippen LogP contribution >= 0.6 is 0 Å². The highest BCUT2D eigenvalue weighted by molar-refractivity contribution is 5.72. The van der Waals surface area contributed by atoms with Crippen molar-refractivity contribution in [1.29, 1.82) is 0 Å². The number of rotatable bonds is 3. The first-order chi connectivity index (χ1) is 6.56. The van der Waals surface area contributed by atoms with Gasteiger partial charge in [-0.2, -0.15) is 0 Å². The molecule has 0 bridgehead atoms. The zero-order chi connectivity index (χ0) is 10.7. The van der Waals surface area contributed by atoms with E-state index >= 15 is 0 Å². The fourth-order valence-corrected chi connectivity index (χ4v) is 1.99. The maximum absolute atomic E-state index is 10.8. The Kier molecular flexibility index (Phi) is 3.89. The molecule has 0 saturated carbocycles. The molecule has 0 aromatic rings. The number of piperidine rings is 1. The average molecular weight is 200 g/mol. The Balaban J connectivity index is 2.54. The summed E-state index contributed by atoms with van der Waals surface area (Å²) in [5.41, 5.74) is 5.66. The van der Waals surface area contributed by atoms with Gasteiger partial charge in [0.05, 0.1) is 0 Å². The zero-order valence-corrected chi connectivity index (χ0v) is 8.94. The number of carboxylic acids is 1. The molecule has 4 heteroatoms. The molecule has 1 aliphatic heterocycles. The van der Waals surface area contributed by atoms with Crippen LogP contribution in [0.15, 0.2) is 0 Å². The summed E-state index contributed by atoms with van der Waals surface area (Å²) in [6.45, 7) is 6.30. The highest BCUT2D eigenvalue weighted by atomic mass is 16.4. The standard InChI is InChI=1S/C10H20N2O2/c1-7-3-4-12(6-9(7)5-11)8(2)10(13)14/h7-9H,3-6,11H2,1-2H3,(H,13,14). The third kappa shape index (κ3) is 2.45. The molecule has 1 saturated heterocycles. The number of likely N-dealkylation sites (tertiary alicyclic amines) is 1. The van der Waals surface area contributed by atoms with Gasteiger partial charge in [0.1, 0.15) is 6.04 Å². The molecule has 1 aliphatic rings. The fraction of sp³-hybridized carbons (Fsp3) is 0.900. The second-order valence-corrected chi connectivity index (χ2v) is 4.27. The van der Waals surface area contributed by atoms with E-state index in [-0.39, 0.29) is 6.04 Å². The number of hydrogen-bond acceptors (Lipinski definition) is 3. The predicted molar refractivity (Wildman–Crippen MR) is 55.0 cm³/mol. The van der Waals surface area contributed by atoms with E-state index in [1.807, 2.05) is 4.90 Å². The average Bonchev–Trinajstić information content (AvgIpc) is 2.17. The third-order valence-corrected chi connectivity index (χ3v) is 3.35. The Hall–Kier alpha value is -0.610. The largest absolute Gasteiger partial charge is 0.480 e. The Morgan fingerprint density at radius 2 is 2.36 bits per heavy atom. The molecule has 14 heavy (non-hydrogen) atoms. The number of nitrogens with two attached hydrogens (primary N) is 1. The van der Waals surface area contributed by atoms with E-state index in [0.29, 0.717) is 18.4 Å². The first-order valence-corrected chi connectivity index (χ1v) is 5.23. The van der Waals surface area contributed by atoms with E-state index in [1.165, 1.54) is 0 Å². The van der Waals surface area contributed by atoms with Crippen LogP contribution in [0.4, 0.5) is 0 Å². The van der Waals surface area contributed by atoms with Crippen molar-refractivity contribution in [2.75, 3.05) is 19.6 Å². The van der Waals surface area contributed by atoms with Gasteiger partial charge in [0.25, 0.3) is 0 Å². The van der Waals surface area contributed by atoms with Crippen molar-refractivity contribution in [3.05, 3.63) is 0 Å². The van der Waals surface area contributed by atoms with Crippen molar-refractivity contribution >= 4 is 5.97 Å². The summed E-state index contributed by atoms with van der Waals surface area (Å²) in [7, 11) is 0. The van der Waals surface area contributed by atoms with Gasteiger partial charge in [0.2, 0.25) is 0 Å². The summed E-state index contributed by atoms with van der Waals surface area (Å²) >= 11 is 0. The minimum Gasteiger partial charge on any atom is -0.480 e. The van der Waals surface area contributed by atoms with Crippen molar-refractivity contribution in [3.63, 3.8) is 0 Å². The Bertz CT molecular complexity index is 208. The molecule has 0 aliphatic carbocycles. The monoisotopic (exact) mass is 200 g/mol. The SMILES string of the molecule is CC1CCN(C(C)C(=O)O)CC1CN. The van der Waals surface area contributed by atoms with Gasteiger partial charge in [0, 0.05) is 6.54 Å². The van der Waals surface area contributed by atoms with Gasteiger partial charge in [0.15, 0.2) is 0 Å². The summed E-state index contributed by atoms with van der Waals surface area (Å²) in [5, 5.41) is 8.89. The minimum absolute atomic E-state index is 0.378. The number of carboxylic acid groups (broad SMARTS) is 1. The summed E-state index contributed by atoms with van der Waals surface area (Å²) in [5.74, 6) is 0.332. The first-order valence-electron chi connectivity index (χ1n) is 5.23. The van der Waals surface area contributed by atoms with E-state index in [4.69, 9.17) is 10.8 Å². The van der Waals surface area contributed by atoms with E-state index in [9.17, 15) is 4.79 Å². The summed E-state index contributed by atoms with van der Waals surface area (Å²) in [6, 6.07) is -0.378. The van der Waals surface area contributed by atoms with Crippen LogP contribution in [0.5, 0.6) is 0 Å². The van der Waals surface area contributed by atoms with Gasteiger partial charge in [-0.1, -0.05) is 6.92 Å². The lowest BCUT2D eigenvalue weighted by Crippen LogP contribution is -2.49. The molecule has 3 atom stereocenters. The third-order valence-electron chi connectivity index (χ3n) is 3.35. The van der Waals surface area contributed by atoms with Crippen molar-refractivity contribution in [3.8, 4) is 0 Å². The molecule has 3 N–H and O–H groups in total. The van der Waals surface area contributed by atoms with Crippen LogP contribution in [0.2, 0.25) is 0 Å². The quantitative estimate of drug-likeness (QED) is 0.691. The van der Waals surface area contributed by atoms with Gasteiger partial charge in [-0.25, -0.2) is 0 Å². The molecule has 0 amide bonds. The minimum atomic E-state index is -0.740. The molecule has 0 radical (unpaired) electrons. The maximum atomic E-state index is 10.8. The molecular formula is C10H20N2O2. The van der Waals surface area contributed by atoms with Crippen LogP contribution in [0.3, 0.4) is 0 Å². The molecule has 3 unspecified atom stereocenters. The highest BCUT2D eigenvalue weighted by Gasteiger charge is 2.30. The number of carbonyl (C=O) groups is 1. The van der Waals surface area contributed by atoms with Gasteiger partial charge in [-0.3, -0.25) is 9.69 Å². The smallest absolute Gasteiger partial charge is 0.320 e. The number of nitrogens with zero attached hydrogens (tertiary/aromatic N) is 1. The van der Waals surface area contributed by atoms with Crippen LogP contribution in [-0.2, 0) is 4.79 Å². The van der Waals surface area contributed by atoms with Crippen molar-refractivity contribution in [1.82, 2.24) is 4.90 Å². The van der Waals surface area contributed by atoms with Crippen LogP contribution in [-0.4, -0.2) is 41.7 Å². The molecule has 0 aromatic carbocycles. The fourth-order valence-electron chi connectivity index (χ4n) is 1.99. The Labute approximate surface area is 85.1 Å². The van der Waals surface area contributed by atoms with E-state index in [0.717, 1.165) is 19.5 Å². The molecule has 1 heterocycles. The predicted octanol–water partition coefficient (Wildman–Crippen LogP) is 0.376. The van der Waals surface area contributed by atoms with Crippen LogP contribution in [0.25, 0.3) is 0 Å². The Morgan fingerprint density at radius 3 is 2.86 bits per heavy atom. The maximum Gasteiger partial charge on any atom is 0.320 e. The van der Waals surface area contributed by atoms with Crippen molar-refractivity contribution in [2.24, 2.45) is 17.6 Å².